The minimum absolute atomic E-state index is 0.0261. The van der Waals surface area contributed by atoms with E-state index in [9.17, 15) is 8.42 Å². The molecule has 0 radical (unpaired) electrons. The van der Waals surface area contributed by atoms with E-state index in [2.05, 4.69) is 34.5 Å². The van der Waals surface area contributed by atoms with Crippen molar-refractivity contribution in [1.29, 1.82) is 0 Å². The van der Waals surface area contributed by atoms with Gasteiger partial charge in [0.25, 0.3) is 0 Å². The van der Waals surface area contributed by atoms with Gasteiger partial charge in [0.2, 0.25) is 10.0 Å². The van der Waals surface area contributed by atoms with Crippen LogP contribution in [0, 0.1) is 5.41 Å². The van der Waals surface area contributed by atoms with Crippen LogP contribution < -0.4 is 4.72 Å². The fourth-order valence-electron chi connectivity index (χ4n) is 1.20. The van der Waals surface area contributed by atoms with Gasteiger partial charge in [-0.05, 0) is 39.0 Å². The third-order valence-electron chi connectivity index (χ3n) is 3.23. The number of alkyl halides is 1. The number of hydrogen-bond acceptors (Lipinski definition) is 2. The molecule has 3 nitrogen and oxygen atoms in total. The second kappa shape index (κ2) is 5.83. The molecule has 0 bridgehead atoms. The van der Waals surface area contributed by atoms with Crippen LogP contribution in [0.15, 0.2) is 0 Å². The van der Waals surface area contributed by atoms with Crippen LogP contribution in [0.5, 0.6) is 0 Å². The molecule has 0 amide bonds. The van der Waals surface area contributed by atoms with Gasteiger partial charge >= 0.3 is 0 Å². The van der Waals surface area contributed by atoms with Gasteiger partial charge < -0.3 is 0 Å². The zero-order valence-corrected chi connectivity index (χ0v) is 13.3. The zero-order valence-electron chi connectivity index (χ0n) is 10.9. The van der Waals surface area contributed by atoms with Crippen molar-refractivity contribution in [2.45, 2.75) is 52.2 Å². The van der Waals surface area contributed by atoms with E-state index in [1.165, 1.54) is 0 Å². The number of nitrogens with one attached hydrogen (secondary N) is 1. The molecule has 98 valence electrons. The summed E-state index contributed by atoms with van der Waals surface area (Å²) in [5.74, 6) is 0. The molecule has 0 aliphatic rings. The van der Waals surface area contributed by atoms with Crippen LogP contribution in [0.25, 0.3) is 0 Å². The minimum Gasteiger partial charge on any atom is -0.214 e. The van der Waals surface area contributed by atoms with Crippen molar-refractivity contribution in [2.75, 3.05) is 11.9 Å². The van der Waals surface area contributed by atoms with Crippen LogP contribution in [0.1, 0.15) is 47.5 Å². The maximum Gasteiger partial charge on any atom is 0.216 e. The van der Waals surface area contributed by atoms with Crippen LogP contribution in [-0.4, -0.2) is 25.0 Å². The van der Waals surface area contributed by atoms with Crippen molar-refractivity contribution >= 4 is 26.0 Å². The number of halogens is 1. The van der Waals surface area contributed by atoms with Crippen LogP contribution in [0.2, 0.25) is 0 Å². The van der Waals surface area contributed by atoms with Gasteiger partial charge in [-0.3, -0.25) is 0 Å². The van der Waals surface area contributed by atoms with Crippen LogP contribution in [0.4, 0.5) is 0 Å². The van der Waals surface area contributed by atoms with E-state index in [4.69, 9.17) is 0 Å². The van der Waals surface area contributed by atoms with Gasteiger partial charge in [0.05, 0.1) is 4.75 Å². The highest BCUT2D eigenvalue weighted by Gasteiger charge is 2.32. The molecular formula is C11H24BrNO2S. The number of hydrogen-bond donors (Lipinski definition) is 1. The summed E-state index contributed by atoms with van der Waals surface area (Å²) < 4.78 is 25.8. The topological polar surface area (TPSA) is 46.2 Å². The summed E-state index contributed by atoms with van der Waals surface area (Å²) in [6, 6.07) is 0. The van der Waals surface area contributed by atoms with Crippen molar-refractivity contribution < 1.29 is 8.42 Å². The average molecular weight is 314 g/mol. The largest absolute Gasteiger partial charge is 0.216 e. The van der Waals surface area contributed by atoms with Gasteiger partial charge in [-0.1, -0.05) is 29.8 Å². The molecule has 1 N–H and O–H groups in total. The fraction of sp³-hybridized carbons (Fsp3) is 1.00. The normalized spacial score (nSPS) is 14.1. The fourth-order valence-corrected chi connectivity index (χ4v) is 3.12. The lowest BCUT2D eigenvalue weighted by Crippen LogP contribution is -2.45. The molecule has 0 unspecified atom stereocenters. The SMILES string of the molecule is CCC(CC)(CBr)CNS(=O)(=O)C(C)(C)C. The van der Waals surface area contributed by atoms with E-state index in [0.717, 1.165) is 18.2 Å². The quantitative estimate of drug-likeness (QED) is 0.766. The molecule has 5 heteroatoms. The Morgan fingerprint density at radius 1 is 1.12 bits per heavy atom. The first-order chi connectivity index (χ1) is 7.14. The summed E-state index contributed by atoms with van der Waals surface area (Å²) >= 11 is 3.48. The molecule has 0 atom stereocenters. The Morgan fingerprint density at radius 2 is 1.56 bits per heavy atom. The Morgan fingerprint density at radius 3 is 1.81 bits per heavy atom. The maximum absolute atomic E-state index is 11.9. The summed E-state index contributed by atoms with van der Waals surface area (Å²) in [5, 5.41) is 0.819. The van der Waals surface area contributed by atoms with Crippen LogP contribution >= 0.6 is 15.9 Å². The molecule has 0 aromatic heterocycles. The van der Waals surface area contributed by atoms with E-state index in [0.29, 0.717) is 6.54 Å². The third-order valence-corrected chi connectivity index (χ3v) is 6.55. The highest BCUT2D eigenvalue weighted by molar-refractivity contribution is 9.09. The highest BCUT2D eigenvalue weighted by Crippen LogP contribution is 2.28. The third kappa shape index (κ3) is 4.00. The Balaban J connectivity index is 4.68. The first-order valence-corrected chi connectivity index (χ1v) is 8.30. The Hall–Kier alpha value is 0.390. The molecule has 0 saturated carbocycles. The Labute approximate surface area is 109 Å². The Kier molecular flexibility index (Phi) is 5.97. The lowest BCUT2D eigenvalue weighted by Gasteiger charge is -2.31. The van der Waals surface area contributed by atoms with E-state index in [1.807, 2.05) is 0 Å². The summed E-state index contributed by atoms with van der Waals surface area (Å²) in [6.07, 6.45) is 1.92. The Bertz CT molecular complexity index is 294. The maximum atomic E-state index is 11.9. The van der Waals surface area contributed by atoms with Crippen molar-refractivity contribution in [3.63, 3.8) is 0 Å². The molecular weight excluding hydrogens is 290 g/mol. The molecule has 0 fully saturated rings. The van der Waals surface area contributed by atoms with Gasteiger partial charge in [0.1, 0.15) is 0 Å². The van der Waals surface area contributed by atoms with Gasteiger partial charge in [-0.2, -0.15) is 0 Å². The molecule has 0 saturated heterocycles. The summed E-state index contributed by atoms with van der Waals surface area (Å²) in [5.41, 5.74) is 0.0261. The summed E-state index contributed by atoms with van der Waals surface area (Å²) in [7, 11) is -3.23. The van der Waals surface area contributed by atoms with Crippen molar-refractivity contribution in [3.8, 4) is 0 Å². The highest BCUT2D eigenvalue weighted by atomic mass is 79.9. The van der Waals surface area contributed by atoms with Gasteiger partial charge in [-0.25, -0.2) is 13.1 Å². The van der Waals surface area contributed by atoms with E-state index in [1.54, 1.807) is 20.8 Å². The molecule has 0 spiro atoms. The zero-order chi connectivity index (χ0) is 13.0. The smallest absolute Gasteiger partial charge is 0.214 e. The number of sulfonamides is 1. The average Bonchev–Trinajstić information content (AvgIpc) is 2.19. The van der Waals surface area contributed by atoms with Gasteiger partial charge in [0, 0.05) is 11.9 Å². The first-order valence-electron chi connectivity index (χ1n) is 5.69. The summed E-state index contributed by atoms with van der Waals surface area (Å²) in [4.78, 5) is 0. The molecule has 0 aromatic carbocycles. The molecule has 0 aliphatic heterocycles. The van der Waals surface area contributed by atoms with Crippen molar-refractivity contribution in [1.82, 2.24) is 4.72 Å². The molecule has 0 aliphatic carbocycles. The van der Waals surface area contributed by atoms with Crippen LogP contribution in [-0.2, 0) is 10.0 Å². The van der Waals surface area contributed by atoms with Crippen LogP contribution in [0.3, 0.4) is 0 Å². The van der Waals surface area contributed by atoms with E-state index in [-0.39, 0.29) is 5.41 Å². The molecule has 16 heavy (non-hydrogen) atoms. The summed E-state index contributed by atoms with van der Waals surface area (Å²) in [6.45, 7) is 9.83. The van der Waals surface area contributed by atoms with Crippen molar-refractivity contribution in [3.05, 3.63) is 0 Å². The molecule has 0 aromatic rings. The number of rotatable bonds is 6. The molecule has 0 rings (SSSR count). The van der Waals surface area contributed by atoms with E-state index < -0.39 is 14.8 Å². The molecule has 0 heterocycles. The second-order valence-corrected chi connectivity index (χ2v) is 8.36. The first kappa shape index (κ1) is 16.4. The van der Waals surface area contributed by atoms with Crippen molar-refractivity contribution in [2.24, 2.45) is 5.41 Å². The predicted molar refractivity (Wildman–Crippen MR) is 73.5 cm³/mol. The second-order valence-electron chi connectivity index (χ2n) is 5.28. The standard InChI is InChI=1S/C11H24BrNO2S/c1-6-11(7-2,8-12)9-13-16(14,15)10(3,4)5/h13H,6-9H2,1-5H3. The lowest BCUT2D eigenvalue weighted by molar-refractivity contribution is 0.308. The monoisotopic (exact) mass is 313 g/mol. The van der Waals surface area contributed by atoms with Gasteiger partial charge in [0.15, 0.2) is 0 Å². The lowest BCUT2D eigenvalue weighted by atomic mass is 9.85. The predicted octanol–water partition coefficient (Wildman–Crippen LogP) is 2.91. The van der Waals surface area contributed by atoms with E-state index >= 15 is 0 Å². The van der Waals surface area contributed by atoms with Gasteiger partial charge in [-0.15, -0.1) is 0 Å². The minimum atomic E-state index is -3.23.